The van der Waals surface area contributed by atoms with Crippen molar-refractivity contribution < 1.29 is 30.8 Å². The number of hydrogen-bond acceptors (Lipinski definition) is 3. The first-order chi connectivity index (χ1) is 13.6. The highest BCUT2D eigenvalue weighted by molar-refractivity contribution is 7.91. The molecule has 2 aromatic rings. The average Bonchev–Trinajstić information content (AvgIpc) is 3.13. The minimum absolute atomic E-state index is 0.0293. The van der Waals surface area contributed by atoms with Crippen molar-refractivity contribution in [3.8, 4) is 0 Å². The molecule has 1 aliphatic rings. The SMILES string of the molecule is O=C(Nc1ccc(C(F)(F)F)cc1)c1cc(S(=O)(=O)CC2CCCC2)ccc1F. The quantitative estimate of drug-likeness (QED) is 0.534. The summed E-state index contributed by atoms with van der Waals surface area (Å²) in [5.74, 6) is -1.87. The molecule has 0 saturated heterocycles. The van der Waals surface area contributed by atoms with Crippen molar-refractivity contribution in [2.24, 2.45) is 5.92 Å². The van der Waals surface area contributed by atoms with Crippen LogP contribution in [0.2, 0.25) is 0 Å². The molecule has 9 heteroatoms. The number of carbonyl (C=O) groups is 1. The smallest absolute Gasteiger partial charge is 0.322 e. The molecule has 1 aliphatic carbocycles. The van der Waals surface area contributed by atoms with Gasteiger partial charge in [-0.05, 0) is 61.2 Å². The maximum absolute atomic E-state index is 14.1. The molecule has 1 fully saturated rings. The standard InChI is InChI=1S/C20H19F4NO3S/c21-18-10-9-16(29(27,28)12-13-3-1-2-4-13)11-17(18)19(26)25-15-7-5-14(6-8-15)20(22,23)24/h5-11,13H,1-4,12H2,(H,25,26). The zero-order chi connectivity index (χ0) is 21.2. The fourth-order valence-electron chi connectivity index (χ4n) is 3.40. The Balaban J connectivity index is 1.79. The molecule has 0 atom stereocenters. The van der Waals surface area contributed by atoms with Gasteiger partial charge in [-0.15, -0.1) is 0 Å². The Morgan fingerprint density at radius 3 is 2.24 bits per heavy atom. The number of carbonyl (C=O) groups excluding carboxylic acids is 1. The van der Waals surface area contributed by atoms with Gasteiger partial charge < -0.3 is 5.32 Å². The summed E-state index contributed by atoms with van der Waals surface area (Å²) in [5, 5.41) is 2.29. The number of sulfone groups is 1. The molecule has 0 spiro atoms. The van der Waals surface area contributed by atoms with Gasteiger partial charge in [0.2, 0.25) is 0 Å². The lowest BCUT2D eigenvalue weighted by molar-refractivity contribution is -0.137. The van der Waals surface area contributed by atoms with Crippen LogP contribution in [-0.4, -0.2) is 20.1 Å². The first-order valence-electron chi connectivity index (χ1n) is 9.07. The average molecular weight is 429 g/mol. The van der Waals surface area contributed by atoms with Gasteiger partial charge in [-0.1, -0.05) is 12.8 Å². The van der Waals surface area contributed by atoms with Crippen molar-refractivity contribution >= 4 is 21.4 Å². The summed E-state index contributed by atoms with van der Waals surface area (Å²) in [7, 11) is -3.68. The molecular formula is C20H19F4NO3S. The van der Waals surface area contributed by atoms with Crippen LogP contribution < -0.4 is 5.32 Å². The number of anilines is 1. The predicted molar refractivity (Wildman–Crippen MR) is 99.8 cm³/mol. The number of nitrogens with one attached hydrogen (secondary N) is 1. The van der Waals surface area contributed by atoms with Gasteiger partial charge in [-0.2, -0.15) is 13.2 Å². The summed E-state index contributed by atoms with van der Waals surface area (Å²) in [6.07, 6.45) is -0.922. The Morgan fingerprint density at radius 1 is 1.03 bits per heavy atom. The molecule has 29 heavy (non-hydrogen) atoms. The van der Waals surface area contributed by atoms with Crippen molar-refractivity contribution in [1.82, 2.24) is 0 Å². The van der Waals surface area contributed by atoms with E-state index in [1.165, 1.54) is 0 Å². The molecule has 0 heterocycles. The Morgan fingerprint density at radius 2 is 1.66 bits per heavy atom. The first-order valence-corrected chi connectivity index (χ1v) is 10.7. The molecule has 2 aromatic carbocycles. The van der Waals surface area contributed by atoms with Crippen LogP contribution in [0.4, 0.5) is 23.2 Å². The highest BCUT2D eigenvalue weighted by Crippen LogP contribution is 2.30. The molecule has 0 unspecified atom stereocenters. The third kappa shape index (κ3) is 5.14. The summed E-state index contributed by atoms with van der Waals surface area (Å²) in [6, 6.07) is 6.65. The molecule has 4 nitrogen and oxygen atoms in total. The van der Waals surface area contributed by atoms with Gasteiger partial charge in [0.1, 0.15) is 5.82 Å². The molecule has 1 saturated carbocycles. The van der Waals surface area contributed by atoms with E-state index in [2.05, 4.69) is 5.32 Å². The normalized spacial score (nSPS) is 15.4. The van der Waals surface area contributed by atoms with E-state index in [1.54, 1.807) is 0 Å². The third-order valence-corrected chi connectivity index (χ3v) is 6.82. The minimum Gasteiger partial charge on any atom is -0.322 e. The molecule has 0 aromatic heterocycles. The first kappa shape index (κ1) is 21.3. The highest BCUT2D eigenvalue weighted by atomic mass is 32.2. The van der Waals surface area contributed by atoms with Gasteiger partial charge in [0, 0.05) is 5.69 Å². The van der Waals surface area contributed by atoms with Gasteiger partial charge in [0.15, 0.2) is 9.84 Å². The third-order valence-electron chi connectivity index (χ3n) is 4.94. The van der Waals surface area contributed by atoms with E-state index in [0.29, 0.717) is 0 Å². The van der Waals surface area contributed by atoms with E-state index in [9.17, 15) is 30.8 Å². The van der Waals surface area contributed by atoms with Crippen molar-refractivity contribution in [3.63, 3.8) is 0 Å². The van der Waals surface area contributed by atoms with Crippen LogP contribution in [0.3, 0.4) is 0 Å². The van der Waals surface area contributed by atoms with Crippen LogP contribution in [0.25, 0.3) is 0 Å². The highest BCUT2D eigenvalue weighted by Gasteiger charge is 2.30. The monoisotopic (exact) mass is 429 g/mol. The second-order valence-electron chi connectivity index (χ2n) is 7.10. The number of amides is 1. The minimum atomic E-state index is -4.52. The molecule has 156 valence electrons. The van der Waals surface area contributed by atoms with Crippen molar-refractivity contribution in [2.75, 3.05) is 11.1 Å². The molecule has 1 N–H and O–H groups in total. The Bertz CT molecular complexity index is 995. The zero-order valence-electron chi connectivity index (χ0n) is 15.3. The van der Waals surface area contributed by atoms with E-state index >= 15 is 0 Å². The lowest BCUT2D eigenvalue weighted by Crippen LogP contribution is -2.17. The molecule has 0 radical (unpaired) electrons. The molecule has 0 aliphatic heterocycles. The fraction of sp³-hybridized carbons (Fsp3) is 0.350. The maximum atomic E-state index is 14.1. The van der Waals surface area contributed by atoms with E-state index in [0.717, 1.165) is 68.1 Å². The van der Waals surface area contributed by atoms with Crippen LogP contribution in [-0.2, 0) is 16.0 Å². The largest absolute Gasteiger partial charge is 0.416 e. The van der Waals surface area contributed by atoms with Crippen LogP contribution in [0, 0.1) is 11.7 Å². The summed E-state index contributed by atoms with van der Waals surface area (Å²) < 4.78 is 77.2. The van der Waals surface area contributed by atoms with Crippen LogP contribution in [0.15, 0.2) is 47.4 Å². The second-order valence-corrected chi connectivity index (χ2v) is 9.14. The lowest BCUT2D eigenvalue weighted by Gasteiger charge is -2.12. The topological polar surface area (TPSA) is 63.2 Å². The number of hydrogen-bond donors (Lipinski definition) is 1. The summed E-state index contributed by atoms with van der Waals surface area (Å²) in [4.78, 5) is 12.2. The van der Waals surface area contributed by atoms with Crippen molar-refractivity contribution in [2.45, 2.75) is 36.8 Å². The van der Waals surface area contributed by atoms with Gasteiger partial charge in [-0.25, -0.2) is 12.8 Å². The predicted octanol–water partition coefficient (Wildman–Crippen LogP) is 5.06. The summed E-state index contributed by atoms with van der Waals surface area (Å²) in [6.45, 7) is 0. The summed E-state index contributed by atoms with van der Waals surface area (Å²) in [5.41, 5.74) is -1.35. The van der Waals surface area contributed by atoms with Gasteiger partial charge in [0.05, 0.1) is 21.8 Å². The number of rotatable bonds is 5. The van der Waals surface area contributed by atoms with Crippen LogP contribution in [0.5, 0.6) is 0 Å². The van der Waals surface area contributed by atoms with Crippen LogP contribution in [0.1, 0.15) is 41.6 Å². The van der Waals surface area contributed by atoms with Gasteiger partial charge in [-0.3, -0.25) is 4.79 Å². The molecule has 1 amide bonds. The van der Waals surface area contributed by atoms with Crippen LogP contribution >= 0.6 is 0 Å². The van der Waals surface area contributed by atoms with Gasteiger partial charge in [0.25, 0.3) is 5.91 Å². The maximum Gasteiger partial charge on any atom is 0.416 e. The number of halogens is 4. The zero-order valence-corrected chi connectivity index (χ0v) is 16.1. The lowest BCUT2D eigenvalue weighted by atomic mass is 10.1. The fourth-order valence-corrected chi connectivity index (χ4v) is 5.12. The molecule has 0 bridgehead atoms. The van der Waals surface area contributed by atoms with E-state index in [4.69, 9.17) is 0 Å². The van der Waals surface area contributed by atoms with E-state index < -0.39 is 38.9 Å². The Kier molecular flexibility index (Phi) is 5.97. The summed E-state index contributed by atoms with van der Waals surface area (Å²) >= 11 is 0. The van der Waals surface area contributed by atoms with E-state index in [-0.39, 0.29) is 22.3 Å². The second kappa shape index (κ2) is 8.14. The molecular weight excluding hydrogens is 410 g/mol. The Labute approximate surface area is 165 Å². The number of benzene rings is 2. The number of alkyl halides is 3. The van der Waals surface area contributed by atoms with E-state index in [1.807, 2.05) is 0 Å². The molecule has 3 rings (SSSR count). The van der Waals surface area contributed by atoms with Crippen molar-refractivity contribution in [1.29, 1.82) is 0 Å². The van der Waals surface area contributed by atoms with Crippen molar-refractivity contribution in [3.05, 3.63) is 59.4 Å². The Hall–Kier alpha value is -2.42. The van der Waals surface area contributed by atoms with Gasteiger partial charge >= 0.3 is 6.18 Å².